The summed E-state index contributed by atoms with van der Waals surface area (Å²) in [6.07, 6.45) is 0. The monoisotopic (exact) mass is 349 g/mol. The molecule has 0 spiro atoms. The molecule has 0 fully saturated rings. The number of fused-ring (bicyclic) bond motifs is 1. The molecule has 7 heteroatoms. The molecule has 0 N–H and O–H groups in total. The van der Waals surface area contributed by atoms with Gasteiger partial charge < -0.3 is 4.74 Å². The fourth-order valence-corrected chi connectivity index (χ4v) is 2.77. The van der Waals surface area contributed by atoms with Gasteiger partial charge in [0.1, 0.15) is 24.1 Å². The van der Waals surface area contributed by atoms with Crippen molar-refractivity contribution >= 4 is 40.5 Å². The van der Waals surface area contributed by atoms with E-state index in [1.54, 1.807) is 18.2 Å². The summed E-state index contributed by atoms with van der Waals surface area (Å²) < 4.78 is 5.13. The van der Waals surface area contributed by atoms with Gasteiger partial charge in [0.25, 0.3) is 5.91 Å². The highest BCUT2D eigenvalue weighted by molar-refractivity contribution is 6.36. The smallest absolute Gasteiger partial charge is 0.250 e. The van der Waals surface area contributed by atoms with Gasteiger partial charge in [-0.2, -0.15) is 0 Å². The number of amides is 1. The summed E-state index contributed by atoms with van der Waals surface area (Å²) in [6, 6.07) is 10.7. The van der Waals surface area contributed by atoms with Gasteiger partial charge >= 0.3 is 0 Å². The van der Waals surface area contributed by atoms with E-state index in [9.17, 15) is 4.79 Å². The molecule has 0 radical (unpaired) electrons. The van der Waals surface area contributed by atoms with E-state index in [1.807, 2.05) is 18.2 Å². The van der Waals surface area contributed by atoms with E-state index in [4.69, 9.17) is 27.9 Å². The number of aromatic nitrogens is 1. The highest BCUT2D eigenvalue weighted by atomic mass is 35.5. The lowest BCUT2D eigenvalue weighted by Gasteiger charge is -2.21. The standard InChI is InChI=1S/C16H13Cl2N3O2/c1-23-9-21-12-6-7-13(18)20-16(12)15(19-8-14(21)22)10-4-2-3-5-11(10)17/h2-7H,8-9H2,1H3. The van der Waals surface area contributed by atoms with E-state index in [0.717, 1.165) is 0 Å². The molecule has 1 aromatic heterocycles. The minimum atomic E-state index is -0.181. The molecule has 1 aliphatic rings. The first-order chi connectivity index (χ1) is 11.1. The van der Waals surface area contributed by atoms with Crippen LogP contribution in [0.1, 0.15) is 11.3 Å². The third-order valence-electron chi connectivity index (χ3n) is 3.42. The molecule has 0 saturated carbocycles. The number of ether oxygens (including phenoxy) is 1. The van der Waals surface area contributed by atoms with Crippen LogP contribution in [0.5, 0.6) is 0 Å². The number of aliphatic imine (C=N–C) groups is 1. The third-order valence-corrected chi connectivity index (χ3v) is 3.96. The molecule has 0 saturated heterocycles. The van der Waals surface area contributed by atoms with Crippen molar-refractivity contribution in [1.29, 1.82) is 0 Å². The van der Waals surface area contributed by atoms with Crippen LogP contribution >= 0.6 is 23.2 Å². The van der Waals surface area contributed by atoms with Crippen molar-refractivity contribution in [1.82, 2.24) is 4.98 Å². The number of benzene rings is 1. The summed E-state index contributed by atoms with van der Waals surface area (Å²) in [5.41, 5.74) is 2.35. The van der Waals surface area contributed by atoms with Crippen LogP contribution in [0.25, 0.3) is 0 Å². The van der Waals surface area contributed by atoms with Gasteiger partial charge in [0, 0.05) is 12.7 Å². The number of pyridine rings is 1. The Morgan fingerprint density at radius 1 is 1.22 bits per heavy atom. The summed E-state index contributed by atoms with van der Waals surface area (Å²) in [5.74, 6) is -0.181. The van der Waals surface area contributed by atoms with Crippen molar-refractivity contribution in [2.45, 2.75) is 0 Å². The first kappa shape index (κ1) is 15.9. The minimum absolute atomic E-state index is 0.0160. The minimum Gasteiger partial charge on any atom is -0.364 e. The van der Waals surface area contributed by atoms with E-state index in [2.05, 4.69) is 9.98 Å². The molecule has 5 nitrogen and oxygen atoms in total. The SMILES string of the molecule is COCN1C(=O)CN=C(c2ccccc2Cl)c2nc(Cl)ccc21. The van der Waals surface area contributed by atoms with E-state index < -0.39 is 0 Å². The maximum Gasteiger partial charge on any atom is 0.250 e. The van der Waals surface area contributed by atoms with E-state index in [1.165, 1.54) is 12.0 Å². The number of rotatable bonds is 3. The number of hydrogen-bond donors (Lipinski definition) is 0. The zero-order valence-corrected chi connectivity index (χ0v) is 13.8. The first-order valence-corrected chi connectivity index (χ1v) is 7.63. The van der Waals surface area contributed by atoms with Crippen LogP contribution in [0.2, 0.25) is 10.2 Å². The number of nitrogens with zero attached hydrogens (tertiary/aromatic N) is 3. The average molecular weight is 350 g/mol. The van der Waals surface area contributed by atoms with Crippen molar-refractivity contribution in [2.75, 3.05) is 25.3 Å². The Bertz CT molecular complexity index is 793. The molecule has 23 heavy (non-hydrogen) atoms. The predicted molar refractivity (Wildman–Crippen MR) is 90.6 cm³/mol. The molecule has 1 aromatic carbocycles. The molecular formula is C16H13Cl2N3O2. The predicted octanol–water partition coefficient (Wildman–Crippen LogP) is 3.18. The van der Waals surface area contributed by atoms with E-state index in [0.29, 0.717) is 32.8 Å². The lowest BCUT2D eigenvalue weighted by molar-refractivity contribution is -0.118. The van der Waals surface area contributed by atoms with Crippen LogP contribution < -0.4 is 4.90 Å². The van der Waals surface area contributed by atoms with Crippen LogP contribution in [-0.4, -0.2) is 37.0 Å². The van der Waals surface area contributed by atoms with Crippen LogP contribution in [0, 0.1) is 0 Å². The lowest BCUT2D eigenvalue weighted by atomic mass is 10.1. The highest BCUT2D eigenvalue weighted by Gasteiger charge is 2.27. The van der Waals surface area contributed by atoms with Crippen LogP contribution in [0.15, 0.2) is 41.4 Å². The van der Waals surface area contributed by atoms with Gasteiger partial charge in [-0.05, 0) is 18.2 Å². The Morgan fingerprint density at radius 2 is 2.00 bits per heavy atom. The number of carbonyl (C=O) groups excluding carboxylic acids is 1. The number of anilines is 1. The fraction of sp³-hybridized carbons (Fsp3) is 0.188. The second-order valence-electron chi connectivity index (χ2n) is 4.89. The van der Waals surface area contributed by atoms with Crippen molar-refractivity contribution in [3.05, 3.63) is 57.8 Å². The molecule has 0 atom stereocenters. The molecule has 1 aliphatic heterocycles. The van der Waals surface area contributed by atoms with Gasteiger partial charge in [0.05, 0.1) is 16.4 Å². The molecular weight excluding hydrogens is 337 g/mol. The van der Waals surface area contributed by atoms with Gasteiger partial charge in [-0.1, -0.05) is 41.4 Å². The number of hydrogen-bond acceptors (Lipinski definition) is 4. The summed E-state index contributed by atoms with van der Waals surface area (Å²) in [4.78, 5) is 22.6. The number of carbonyl (C=O) groups is 1. The summed E-state index contributed by atoms with van der Waals surface area (Å²) in [7, 11) is 1.52. The fourth-order valence-electron chi connectivity index (χ4n) is 2.40. The highest BCUT2D eigenvalue weighted by Crippen LogP contribution is 2.29. The van der Waals surface area contributed by atoms with Crippen molar-refractivity contribution in [2.24, 2.45) is 4.99 Å². The van der Waals surface area contributed by atoms with Gasteiger partial charge in [-0.3, -0.25) is 14.7 Å². The van der Waals surface area contributed by atoms with Crippen molar-refractivity contribution in [3.63, 3.8) is 0 Å². The quantitative estimate of drug-likeness (QED) is 0.799. The molecule has 2 aromatic rings. The normalized spacial score (nSPS) is 14.3. The van der Waals surface area contributed by atoms with Gasteiger partial charge in [0.15, 0.2) is 0 Å². The Balaban J connectivity index is 2.22. The zero-order valence-electron chi connectivity index (χ0n) is 12.3. The topological polar surface area (TPSA) is 54.8 Å². The van der Waals surface area contributed by atoms with Crippen molar-refractivity contribution in [3.8, 4) is 0 Å². The first-order valence-electron chi connectivity index (χ1n) is 6.87. The second-order valence-corrected chi connectivity index (χ2v) is 5.68. The molecule has 1 amide bonds. The number of methoxy groups -OCH3 is 1. The largest absolute Gasteiger partial charge is 0.364 e. The molecule has 2 heterocycles. The average Bonchev–Trinajstić information content (AvgIpc) is 2.66. The summed E-state index contributed by atoms with van der Waals surface area (Å²) in [6.45, 7) is 0.0956. The molecule has 0 aliphatic carbocycles. The Morgan fingerprint density at radius 3 is 2.74 bits per heavy atom. The molecule has 0 unspecified atom stereocenters. The van der Waals surface area contributed by atoms with Gasteiger partial charge in [-0.25, -0.2) is 4.98 Å². The number of halogens is 2. The Hall–Kier alpha value is -1.95. The molecule has 118 valence electrons. The summed E-state index contributed by atoms with van der Waals surface area (Å²) >= 11 is 12.3. The lowest BCUT2D eigenvalue weighted by Crippen LogP contribution is -2.34. The van der Waals surface area contributed by atoms with Crippen molar-refractivity contribution < 1.29 is 9.53 Å². The molecule has 3 rings (SSSR count). The third kappa shape index (κ3) is 3.08. The second kappa shape index (κ2) is 6.66. The van der Waals surface area contributed by atoms with Crippen LogP contribution in [-0.2, 0) is 9.53 Å². The van der Waals surface area contributed by atoms with E-state index >= 15 is 0 Å². The maximum absolute atomic E-state index is 12.4. The summed E-state index contributed by atoms with van der Waals surface area (Å²) in [5, 5.41) is 0.849. The Labute approximate surface area is 143 Å². The van der Waals surface area contributed by atoms with Crippen LogP contribution in [0.3, 0.4) is 0 Å². The zero-order chi connectivity index (χ0) is 16.4. The Kier molecular flexibility index (Phi) is 4.61. The van der Waals surface area contributed by atoms with Gasteiger partial charge in [0.2, 0.25) is 0 Å². The molecule has 0 bridgehead atoms. The van der Waals surface area contributed by atoms with E-state index in [-0.39, 0.29) is 19.2 Å². The maximum atomic E-state index is 12.4. The van der Waals surface area contributed by atoms with Gasteiger partial charge in [-0.15, -0.1) is 0 Å². The van der Waals surface area contributed by atoms with Crippen LogP contribution in [0.4, 0.5) is 5.69 Å².